The van der Waals surface area contributed by atoms with Gasteiger partial charge in [-0.15, -0.1) is 29.8 Å². The summed E-state index contributed by atoms with van der Waals surface area (Å²) in [6, 6.07) is 63.4. The Labute approximate surface area is 337 Å². The Bertz CT molecular complexity index is 2040. The van der Waals surface area contributed by atoms with Gasteiger partial charge in [-0.2, -0.15) is 12.1 Å². The van der Waals surface area contributed by atoms with Crippen molar-refractivity contribution >= 4 is 12.6 Å². The van der Waals surface area contributed by atoms with Crippen LogP contribution in [0.25, 0.3) is 55.6 Å². The second-order valence-electron chi connectivity index (χ2n) is 17.0. The molecule has 0 fully saturated rings. The van der Waals surface area contributed by atoms with Gasteiger partial charge in [0.15, 0.2) is 0 Å². The molecule has 54 heavy (non-hydrogen) atoms. The average Bonchev–Trinajstić information content (AvgIpc) is 3.80. The SMILES string of the molecule is CC(C)(C)[P+]([c-]1c(-c2ccccc2)c(-c2ccccc2)c(-c2ccccc2)c1-c1ccccc1)(C(C)(C)C)C(C)(C)C.[Fe+2].c1ccc(-[c-]2cccc2)cc1. The van der Waals surface area contributed by atoms with Crippen LogP contribution in [-0.4, -0.2) is 15.5 Å². The van der Waals surface area contributed by atoms with Crippen LogP contribution in [0.5, 0.6) is 0 Å². The second-order valence-corrected chi connectivity index (χ2v) is 22.8. The van der Waals surface area contributed by atoms with Gasteiger partial charge >= 0.3 is 17.1 Å². The standard InChI is InChI=1S/C41H47P.C11H9.Fe/c1-39(2,3)42(40(4,5)6,41(7,8)9)38-36(32-26-18-12-19-27-32)34(30-22-14-10-15-23-30)35(31-24-16-11-17-25-31)37(38)33-28-20-13-21-29-33;1-2-6-10(7-3-1)11-8-4-5-9-11;/h10-29H,1-9H3;1-9H;/q;-1;+2. The molecule has 7 rings (SSSR count). The van der Waals surface area contributed by atoms with Crippen molar-refractivity contribution in [2.45, 2.75) is 77.8 Å². The van der Waals surface area contributed by atoms with E-state index < -0.39 is 7.26 Å². The van der Waals surface area contributed by atoms with E-state index in [1.807, 2.05) is 6.07 Å². The molecule has 0 spiro atoms. The summed E-state index contributed by atoms with van der Waals surface area (Å²) in [4.78, 5) is 0. The van der Waals surface area contributed by atoms with Crippen LogP contribution >= 0.6 is 7.26 Å². The fourth-order valence-corrected chi connectivity index (χ4v) is 18.9. The molecule has 0 aliphatic heterocycles. The zero-order valence-electron chi connectivity index (χ0n) is 33.5. The van der Waals surface area contributed by atoms with Crippen LogP contribution < -0.4 is 5.30 Å². The first-order valence-corrected chi connectivity index (χ1v) is 20.8. The van der Waals surface area contributed by atoms with Gasteiger partial charge in [-0.25, -0.2) is 0 Å². The molecule has 0 atom stereocenters. The van der Waals surface area contributed by atoms with E-state index >= 15 is 0 Å². The first kappa shape index (κ1) is 40.9. The largest absolute Gasteiger partial charge is 2.00 e. The van der Waals surface area contributed by atoms with Gasteiger partial charge in [-0.3, -0.25) is 0 Å². The van der Waals surface area contributed by atoms with Crippen molar-refractivity contribution in [3.05, 3.63) is 176 Å². The van der Waals surface area contributed by atoms with Gasteiger partial charge in [0, 0.05) is 12.6 Å². The van der Waals surface area contributed by atoms with E-state index in [2.05, 4.69) is 232 Å². The van der Waals surface area contributed by atoms with Gasteiger partial charge < -0.3 is 0 Å². The van der Waals surface area contributed by atoms with Crippen molar-refractivity contribution < 1.29 is 17.1 Å². The predicted molar refractivity (Wildman–Crippen MR) is 237 cm³/mol. The molecule has 0 heterocycles. The zero-order chi connectivity index (χ0) is 37.9. The van der Waals surface area contributed by atoms with Crippen molar-refractivity contribution in [1.82, 2.24) is 0 Å². The second kappa shape index (κ2) is 16.6. The summed E-state index contributed by atoms with van der Waals surface area (Å²) in [7, 11) is -2.05. The van der Waals surface area contributed by atoms with Crippen molar-refractivity contribution in [1.29, 1.82) is 0 Å². The minimum Gasteiger partial charge on any atom is -0.152 e. The minimum atomic E-state index is -2.05. The van der Waals surface area contributed by atoms with E-state index in [9.17, 15) is 0 Å². The molecule has 0 aliphatic rings. The van der Waals surface area contributed by atoms with Crippen molar-refractivity contribution in [3.8, 4) is 55.6 Å². The molecule has 7 aromatic carbocycles. The van der Waals surface area contributed by atoms with E-state index in [0.717, 1.165) is 0 Å². The molecule has 0 aromatic heterocycles. The molecule has 276 valence electrons. The monoisotopic (exact) mass is 767 g/mol. The summed E-state index contributed by atoms with van der Waals surface area (Å²) in [5.74, 6) is 0. The zero-order valence-corrected chi connectivity index (χ0v) is 35.5. The van der Waals surface area contributed by atoms with E-state index in [4.69, 9.17) is 0 Å². The summed E-state index contributed by atoms with van der Waals surface area (Å²) < 4.78 is 0. The maximum absolute atomic E-state index is 2.51. The molecule has 0 nitrogen and oxygen atoms in total. The molecule has 0 radical (unpaired) electrons. The van der Waals surface area contributed by atoms with Crippen LogP contribution in [0.3, 0.4) is 0 Å². The molecule has 0 saturated carbocycles. The quantitative estimate of drug-likeness (QED) is 0.0898. The van der Waals surface area contributed by atoms with E-state index in [1.165, 1.54) is 55.6 Å². The Balaban J connectivity index is 0.000000398. The maximum atomic E-state index is 2.51. The van der Waals surface area contributed by atoms with Crippen molar-refractivity contribution in [3.63, 3.8) is 0 Å². The molecular weight excluding hydrogens is 711 g/mol. The Morgan fingerprint density at radius 2 is 0.630 bits per heavy atom. The third kappa shape index (κ3) is 7.79. The minimum absolute atomic E-state index is 0. The van der Waals surface area contributed by atoms with Crippen molar-refractivity contribution in [2.24, 2.45) is 0 Å². The van der Waals surface area contributed by atoms with Gasteiger partial charge in [0.1, 0.15) is 0 Å². The van der Waals surface area contributed by atoms with Crippen LogP contribution in [0.1, 0.15) is 62.3 Å². The Hall–Kier alpha value is -4.25. The van der Waals surface area contributed by atoms with E-state index in [-0.39, 0.29) is 32.5 Å². The smallest absolute Gasteiger partial charge is 0.152 e. The Morgan fingerprint density at radius 1 is 0.352 bits per heavy atom. The summed E-state index contributed by atoms with van der Waals surface area (Å²) in [6.45, 7) is 22.6. The maximum Gasteiger partial charge on any atom is 2.00 e. The molecule has 0 N–H and O–H groups in total. The van der Waals surface area contributed by atoms with E-state index in [0.29, 0.717) is 0 Å². The first-order chi connectivity index (χ1) is 25.3. The number of rotatable bonds is 6. The van der Waals surface area contributed by atoms with Crippen LogP contribution in [0.4, 0.5) is 0 Å². The Kier molecular flexibility index (Phi) is 12.6. The van der Waals surface area contributed by atoms with Gasteiger partial charge in [0.25, 0.3) is 0 Å². The van der Waals surface area contributed by atoms with Crippen LogP contribution in [0.2, 0.25) is 0 Å². The molecule has 0 aliphatic carbocycles. The predicted octanol–water partition coefficient (Wildman–Crippen LogP) is 15.2. The molecule has 7 aromatic rings. The van der Waals surface area contributed by atoms with Crippen LogP contribution in [0, 0.1) is 0 Å². The fourth-order valence-electron chi connectivity index (χ4n) is 9.73. The Morgan fingerprint density at radius 3 is 0.926 bits per heavy atom. The van der Waals surface area contributed by atoms with Crippen molar-refractivity contribution in [2.75, 3.05) is 0 Å². The van der Waals surface area contributed by atoms with Gasteiger partial charge in [-0.05, 0) is 62.3 Å². The summed E-state index contributed by atoms with van der Waals surface area (Å²) in [6.07, 6.45) is 0. The van der Waals surface area contributed by atoms with Gasteiger partial charge in [0.2, 0.25) is 0 Å². The molecule has 0 unspecified atom stereocenters. The number of hydrogen-bond acceptors (Lipinski definition) is 0. The van der Waals surface area contributed by atoms with Crippen LogP contribution in [0.15, 0.2) is 176 Å². The molecule has 0 saturated heterocycles. The summed E-state index contributed by atoms with van der Waals surface area (Å²) in [5, 5.41) is 1.68. The third-order valence-corrected chi connectivity index (χ3v) is 17.8. The van der Waals surface area contributed by atoms with Crippen LogP contribution in [-0.2, 0) is 17.1 Å². The average molecular weight is 768 g/mol. The number of hydrogen-bond donors (Lipinski definition) is 0. The summed E-state index contributed by atoms with van der Waals surface area (Å²) in [5.41, 5.74) is 13.2. The molecule has 0 amide bonds. The normalized spacial score (nSPS) is 12.0. The topological polar surface area (TPSA) is 0 Å². The van der Waals surface area contributed by atoms with Gasteiger partial charge in [-0.1, -0.05) is 190 Å². The first-order valence-electron chi connectivity index (χ1n) is 19.0. The molecular formula is C52H56FeP+. The third-order valence-electron chi connectivity index (χ3n) is 10.6. The summed E-state index contributed by atoms with van der Waals surface area (Å²) >= 11 is 0. The van der Waals surface area contributed by atoms with E-state index in [1.54, 1.807) is 5.30 Å². The number of benzene rings is 5. The molecule has 0 bridgehead atoms. The van der Waals surface area contributed by atoms with Gasteiger partial charge in [0.05, 0.1) is 15.5 Å². The fraction of sp³-hybridized carbons (Fsp3) is 0.231. The molecule has 2 heteroatoms.